The van der Waals surface area contributed by atoms with Crippen LogP contribution in [0.25, 0.3) is 0 Å². The van der Waals surface area contributed by atoms with Crippen molar-refractivity contribution in [3.63, 3.8) is 0 Å². The second-order valence-electron chi connectivity index (χ2n) is 4.98. The lowest BCUT2D eigenvalue weighted by molar-refractivity contribution is -0.248. The fourth-order valence-corrected chi connectivity index (χ4v) is 2.32. The Morgan fingerprint density at radius 1 is 0.792 bits per heavy atom. The van der Waals surface area contributed by atoms with Gasteiger partial charge in [0, 0.05) is 5.56 Å². The maximum Gasteiger partial charge on any atom is 0.425 e. The Labute approximate surface area is 133 Å². The number of hydrogen-bond acceptors (Lipinski definition) is 2. The quantitative estimate of drug-likeness (QED) is 0.826. The normalized spacial score (nSPS) is 15.0. The van der Waals surface area contributed by atoms with Gasteiger partial charge in [0.25, 0.3) is 0 Å². The minimum absolute atomic E-state index is 0.239. The van der Waals surface area contributed by atoms with Crippen LogP contribution in [0.1, 0.15) is 16.7 Å². The van der Waals surface area contributed by atoms with Crippen molar-refractivity contribution in [2.45, 2.75) is 18.0 Å². The number of hydrogen-bond donors (Lipinski definition) is 1. The van der Waals surface area contributed by atoms with Crippen LogP contribution in [0.4, 0.5) is 26.3 Å². The van der Waals surface area contributed by atoms with E-state index >= 15 is 0 Å². The van der Waals surface area contributed by atoms with E-state index in [4.69, 9.17) is 4.74 Å². The van der Waals surface area contributed by atoms with Crippen molar-refractivity contribution in [2.24, 2.45) is 0 Å². The smallest absolute Gasteiger partial charge is 0.425 e. The summed E-state index contributed by atoms with van der Waals surface area (Å²) in [6.07, 6.45) is -9.87. The van der Waals surface area contributed by atoms with Crippen LogP contribution in [-0.2, 0) is 11.8 Å². The molecular weight excluding hydrogens is 338 g/mol. The van der Waals surface area contributed by atoms with Crippen LogP contribution in [0.3, 0.4) is 0 Å². The second-order valence-corrected chi connectivity index (χ2v) is 4.98. The molecule has 0 saturated carbocycles. The van der Waals surface area contributed by atoms with Crippen LogP contribution < -0.4 is 4.74 Å². The summed E-state index contributed by atoms with van der Waals surface area (Å²) in [6, 6.07) is 7.07. The number of alkyl halides is 6. The minimum Gasteiger partial charge on any atom is -0.496 e. The summed E-state index contributed by atoms with van der Waals surface area (Å²) in [4.78, 5) is 0. The Balaban J connectivity index is 2.66. The van der Waals surface area contributed by atoms with Crippen molar-refractivity contribution in [1.82, 2.24) is 0 Å². The van der Waals surface area contributed by atoms with Crippen LogP contribution in [0.2, 0.25) is 0 Å². The first-order valence-electron chi connectivity index (χ1n) is 6.62. The molecule has 1 N–H and O–H groups in total. The standard InChI is InChI=1S/C16H12F6O2/c1-24-13-5-3-2-4-12(13)14(23,16(20,21)22)10-6-8-11(9-7-10)15(17,18)19/h2-9,23H,1H3. The highest BCUT2D eigenvalue weighted by molar-refractivity contribution is 5.46. The summed E-state index contributed by atoms with van der Waals surface area (Å²) in [6.45, 7) is 0. The molecule has 0 saturated heterocycles. The summed E-state index contributed by atoms with van der Waals surface area (Å²) in [7, 11) is 1.13. The molecule has 0 radical (unpaired) electrons. The minimum atomic E-state index is -5.18. The first-order chi connectivity index (χ1) is 11.0. The van der Waals surface area contributed by atoms with Gasteiger partial charge in [-0.15, -0.1) is 0 Å². The number of ether oxygens (including phenoxy) is 1. The largest absolute Gasteiger partial charge is 0.496 e. The van der Waals surface area contributed by atoms with Gasteiger partial charge >= 0.3 is 12.4 Å². The number of benzene rings is 2. The molecule has 0 heterocycles. The molecule has 24 heavy (non-hydrogen) atoms. The highest BCUT2D eigenvalue weighted by Crippen LogP contribution is 2.47. The van der Waals surface area contributed by atoms with Gasteiger partial charge in [0.05, 0.1) is 12.7 Å². The highest BCUT2D eigenvalue weighted by Gasteiger charge is 2.57. The summed E-state index contributed by atoms with van der Waals surface area (Å²) < 4.78 is 83.4. The van der Waals surface area contributed by atoms with E-state index in [-0.39, 0.29) is 5.75 Å². The van der Waals surface area contributed by atoms with Crippen LogP contribution in [0.15, 0.2) is 48.5 Å². The molecule has 2 nitrogen and oxygen atoms in total. The number of aliphatic hydroxyl groups is 1. The van der Waals surface area contributed by atoms with Crippen molar-refractivity contribution in [3.05, 3.63) is 65.2 Å². The number of para-hydroxylation sites is 1. The van der Waals surface area contributed by atoms with Crippen molar-refractivity contribution in [2.75, 3.05) is 7.11 Å². The van der Waals surface area contributed by atoms with Gasteiger partial charge < -0.3 is 9.84 Å². The molecule has 0 amide bonds. The fourth-order valence-electron chi connectivity index (χ4n) is 2.32. The average Bonchev–Trinajstić information content (AvgIpc) is 2.52. The predicted molar refractivity (Wildman–Crippen MR) is 73.5 cm³/mol. The molecule has 0 aliphatic heterocycles. The van der Waals surface area contributed by atoms with Gasteiger partial charge in [-0.05, 0) is 23.8 Å². The first kappa shape index (κ1) is 18.1. The van der Waals surface area contributed by atoms with Gasteiger partial charge in [0.1, 0.15) is 5.75 Å². The van der Waals surface area contributed by atoms with Gasteiger partial charge in [-0.2, -0.15) is 26.3 Å². The van der Waals surface area contributed by atoms with Crippen LogP contribution in [0.5, 0.6) is 5.75 Å². The molecule has 0 aromatic heterocycles. The van der Waals surface area contributed by atoms with Crippen molar-refractivity contribution < 1.29 is 36.2 Å². The third-order valence-corrected chi connectivity index (χ3v) is 3.54. The molecule has 2 aromatic carbocycles. The van der Waals surface area contributed by atoms with Crippen molar-refractivity contribution in [1.29, 1.82) is 0 Å². The topological polar surface area (TPSA) is 29.5 Å². The fraction of sp³-hybridized carbons (Fsp3) is 0.250. The Kier molecular flexibility index (Phi) is 4.54. The van der Waals surface area contributed by atoms with E-state index in [0.717, 1.165) is 13.2 Å². The molecule has 130 valence electrons. The Hall–Kier alpha value is -2.22. The SMILES string of the molecule is COc1ccccc1C(O)(c1ccc(C(F)(F)F)cc1)C(F)(F)F. The number of halogens is 6. The molecule has 2 rings (SSSR count). The van der Waals surface area contributed by atoms with E-state index < -0.39 is 34.6 Å². The van der Waals surface area contributed by atoms with E-state index in [9.17, 15) is 31.4 Å². The predicted octanol–water partition coefficient (Wildman–Crippen LogP) is 4.51. The van der Waals surface area contributed by atoms with E-state index in [2.05, 4.69) is 0 Å². The average molecular weight is 350 g/mol. The molecule has 0 aliphatic rings. The highest BCUT2D eigenvalue weighted by atomic mass is 19.4. The third-order valence-electron chi connectivity index (χ3n) is 3.54. The van der Waals surface area contributed by atoms with Crippen molar-refractivity contribution >= 4 is 0 Å². The number of methoxy groups -OCH3 is 1. The van der Waals surface area contributed by atoms with Gasteiger partial charge in [-0.1, -0.05) is 30.3 Å². The van der Waals surface area contributed by atoms with Gasteiger partial charge in [-0.3, -0.25) is 0 Å². The zero-order chi connectivity index (χ0) is 18.2. The van der Waals surface area contributed by atoms with E-state index in [1.54, 1.807) is 0 Å². The van der Waals surface area contributed by atoms with Gasteiger partial charge in [0.15, 0.2) is 0 Å². The summed E-state index contributed by atoms with van der Waals surface area (Å²) >= 11 is 0. The maximum atomic E-state index is 13.6. The summed E-state index contributed by atoms with van der Waals surface area (Å²) in [5, 5.41) is 10.4. The Bertz CT molecular complexity index is 706. The molecule has 0 fully saturated rings. The van der Waals surface area contributed by atoms with E-state index in [0.29, 0.717) is 24.3 Å². The molecule has 0 bridgehead atoms. The molecule has 0 aliphatic carbocycles. The second kappa shape index (κ2) is 6.01. The third kappa shape index (κ3) is 3.06. The Morgan fingerprint density at radius 2 is 1.29 bits per heavy atom. The van der Waals surface area contributed by atoms with Crippen LogP contribution in [-0.4, -0.2) is 18.4 Å². The van der Waals surface area contributed by atoms with Crippen LogP contribution >= 0.6 is 0 Å². The lowest BCUT2D eigenvalue weighted by Gasteiger charge is -2.32. The van der Waals surface area contributed by atoms with Gasteiger partial charge in [-0.25, -0.2) is 0 Å². The first-order valence-corrected chi connectivity index (χ1v) is 6.62. The number of rotatable bonds is 3. The molecule has 1 atom stereocenters. The van der Waals surface area contributed by atoms with E-state index in [1.807, 2.05) is 0 Å². The summed E-state index contributed by atoms with van der Waals surface area (Å²) in [5.74, 6) is -0.239. The Morgan fingerprint density at radius 3 is 1.75 bits per heavy atom. The zero-order valence-corrected chi connectivity index (χ0v) is 12.2. The lowest BCUT2D eigenvalue weighted by atomic mass is 9.84. The zero-order valence-electron chi connectivity index (χ0n) is 12.2. The summed E-state index contributed by atoms with van der Waals surface area (Å²) in [5.41, 5.74) is -5.98. The van der Waals surface area contributed by atoms with Crippen LogP contribution in [0, 0.1) is 0 Å². The molecule has 0 spiro atoms. The van der Waals surface area contributed by atoms with Crippen molar-refractivity contribution in [3.8, 4) is 5.75 Å². The molecule has 2 aromatic rings. The monoisotopic (exact) mass is 350 g/mol. The van der Waals surface area contributed by atoms with E-state index in [1.165, 1.54) is 18.2 Å². The molecule has 1 unspecified atom stereocenters. The molecule has 8 heteroatoms. The molecular formula is C16H12F6O2. The lowest BCUT2D eigenvalue weighted by Crippen LogP contribution is -2.43. The van der Waals surface area contributed by atoms with Gasteiger partial charge in [0.2, 0.25) is 5.60 Å². The maximum absolute atomic E-state index is 13.6.